The molecule has 194 valence electrons. The quantitative estimate of drug-likeness (QED) is 0.338. The van der Waals surface area contributed by atoms with E-state index in [9.17, 15) is 18.0 Å². The summed E-state index contributed by atoms with van der Waals surface area (Å²) in [6.45, 7) is 1.34. The van der Waals surface area contributed by atoms with Crippen LogP contribution in [0.3, 0.4) is 0 Å². The lowest BCUT2D eigenvalue weighted by Crippen LogP contribution is -2.42. The number of piperidine rings is 1. The Kier molecular flexibility index (Phi) is 6.96. The number of rotatable bonds is 8. The molecule has 1 atom stereocenters. The number of nitrogens with one attached hydrogen (secondary N) is 3. The van der Waals surface area contributed by atoms with Crippen molar-refractivity contribution in [3.63, 3.8) is 0 Å². The maximum absolute atomic E-state index is 12.8. The number of benzene rings is 2. The zero-order valence-corrected chi connectivity index (χ0v) is 20.8. The van der Waals surface area contributed by atoms with Crippen molar-refractivity contribution in [1.29, 1.82) is 0 Å². The average molecular weight is 525 g/mol. The fraction of sp³-hybridized carbons (Fsp3) is 0.320. The number of amides is 1. The molecule has 0 saturated carbocycles. The number of carbonyl (C=O) groups excluding carboxylic acids is 1. The summed E-state index contributed by atoms with van der Waals surface area (Å²) in [5, 5.41) is 6.49. The van der Waals surface area contributed by atoms with E-state index in [1.54, 1.807) is 54.7 Å². The first-order chi connectivity index (χ1) is 17.8. The zero-order valence-electron chi connectivity index (χ0n) is 20.0. The van der Waals surface area contributed by atoms with Gasteiger partial charge in [-0.15, -0.1) is 0 Å². The van der Waals surface area contributed by atoms with Crippen molar-refractivity contribution in [3.05, 3.63) is 76.3 Å². The first-order valence-corrected chi connectivity index (χ1v) is 13.5. The van der Waals surface area contributed by atoms with Crippen molar-refractivity contribution < 1.29 is 17.9 Å². The van der Waals surface area contributed by atoms with Gasteiger partial charge in [-0.1, -0.05) is 18.2 Å². The summed E-state index contributed by atoms with van der Waals surface area (Å²) >= 11 is 0. The number of aromatic nitrogens is 2. The lowest BCUT2D eigenvalue weighted by molar-refractivity contribution is -0.119. The Morgan fingerprint density at radius 1 is 1.16 bits per heavy atom. The number of anilines is 1. The highest BCUT2D eigenvalue weighted by molar-refractivity contribution is 7.89. The van der Waals surface area contributed by atoms with Crippen LogP contribution in [0.25, 0.3) is 5.69 Å². The maximum atomic E-state index is 12.8. The zero-order chi connectivity index (χ0) is 26.0. The van der Waals surface area contributed by atoms with Crippen molar-refractivity contribution in [3.8, 4) is 11.4 Å². The molecule has 0 spiro atoms. The summed E-state index contributed by atoms with van der Waals surface area (Å²) in [6.07, 6.45) is 3.83. The highest BCUT2D eigenvalue weighted by atomic mass is 32.2. The van der Waals surface area contributed by atoms with E-state index < -0.39 is 21.6 Å². The Labute approximate surface area is 214 Å². The van der Waals surface area contributed by atoms with Crippen LogP contribution in [-0.2, 0) is 21.2 Å². The van der Waals surface area contributed by atoms with Crippen molar-refractivity contribution in [2.45, 2.75) is 36.2 Å². The minimum Gasteiger partial charge on any atom is -0.484 e. The highest BCUT2D eigenvalue weighted by Crippen LogP contribution is 2.32. The highest BCUT2D eigenvalue weighted by Gasteiger charge is 2.26. The predicted octanol–water partition coefficient (Wildman–Crippen LogP) is 0.836. The number of fused-ring (bicyclic) bond motifs is 1. The van der Waals surface area contributed by atoms with E-state index in [0.29, 0.717) is 23.7 Å². The Bertz CT molecular complexity index is 1470. The molecule has 0 aliphatic carbocycles. The van der Waals surface area contributed by atoms with Crippen LogP contribution in [0.2, 0.25) is 0 Å². The summed E-state index contributed by atoms with van der Waals surface area (Å²) in [4.78, 5) is 28.2. The smallest absolute Gasteiger partial charge is 0.354 e. The van der Waals surface area contributed by atoms with Crippen LogP contribution < -0.4 is 31.5 Å². The molecule has 37 heavy (non-hydrogen) atoms. The van der Waals surface area contributed by atoms with Crippen LogP contribution in [0, 0.1) is 0 Å². The van der Waals surface area contributed by atoms with Gasteiger partial charge in [0, 0.05) is 30.3 Å². The molecule has 3 heterocycles. The monoisotopic (exact) mass is 524 g/mol. The fourth-order valence-electron chi connectivity index (χ4n) is 4.57. The summed E-state index contributed by atoms with van der Waals surface area (Å²) < 4.78 is 35.1. The molecule has 2 aliphatic heterocycles. The maximum Gasteiger partial charge on any atom is 0.354 e. The third-order valence-corrected chi connectivity index (χ3v) is 8.00. The molecule has 1 amide bonds. The number of primary amides is 1. The minimum absolute atomic E-state index is 0.0635. The van der Waals surface area contributed by atoms with Crippen LogP contribution in [0.1, 0.15) is 30.0 Å². The van der Waals surface area contributed by atoms with Gasteiger partial charge in [0.05, 0.1) is 16.6 Å². The van der Waals surface area contributed by atoms with Crippen molar-refractivity contribution in [2.75, 3.05) is 25.0 Å². The van der Waals surface area contributed by atoms with E-state index in [1.807, 2.05) is 0 Å². The number of nitrogens with zero attached hydrogens (tertiary/aromatic N) is 2. The van der Waals surface area contributed by atoms with Crippen molar-refractivity contribution in [2.24, 2.45) is 5.73 Å². The normalized spacial score (nSPS) is 17.7. The molecule has 3 aromatic rings. The Balaban J connectivity index is 1.31. The van der Waals surface area contributed by atoms with Crippen LogP contribution >= 0.6 is 0 Å². The van der Waals surface area contributed by atoms with E-state index in [0.717, 1.165) is 37.1 Å². The minimum atomic E-state index is -3.60. The number of hydrogen-bond acceptors (Lipinski definition) is 8. The Hall–Kier alpha value is -3.74. The molecule has 1 aromatic heterocycles. The van der Waals surface area contributed by atoms with E-state index >= 15 is 0 Å². The molecule has 0 bridgehead atoms. The summed E-state index contributed by atoms with van der Waals surface area (Å²) in [6, 6.07) is 13.3. The number of nitrogens with two attached hydrogens (primary N) is 1. The van der Waals surface area contributed by atoms with Gasteiger partial charge in [0.15, 0.2) is 6.61 Å². The van der Waals surface area contributed by atoms with E-state index in [4.69, 9.17) is 10.5 Å². The Morgan fingerprint density at radius 3 is 2.65 bits per heavy atom. The van der Waals surface area contributed by atoms with Gasteiger partial charge in [-0.3, -0.25) is 9.36 Å². The third kappa shape index (κ3) is 5.66. The van der Waals surface area contributed by atoms with Crippen molar-refractivity contribution >= 4 is 21.7 Å². The second-order valence-electron chi connectivity index (χ2n) is 9.14. The molecule has 1 fully saturated rings. The number of ether oxygens (including phenoxy) is 1. The molecule has 5 rings (SSSR count). The van der Waals surface area contributed by atoms with Gasteiger partial charge in [0.25, 0.3) is 5.91 Å². The molecule has 2 aromatic carbocycles. The molecule has 11 nitrogen and oxygen atoms in total. The van der Waals surface area contributed by atoms with Crippen LogP contribution in [-0.4, -0.2) is 49.6 Å². The first kappa shape index (κ1) is 24.9. The first-order valence-electron chi connectivity index (χ1n) is 12.0. The molecule has 5 N–H and O–H groups in total. The van der Waals surface area contributed by atoms with E-state index in [2.05, 4.69) is 20.3 Å². The van der Waals surface area contributed by atoms with Crippen LogP contribution in [0.15, 0.2) is 64.4 Å². The lowest BCUT2D eigenvalue weighted by atomic mass is 10.0. The molecule has 2 aliphatic rings. The second kappa shape index (κ2) is 10.3. The molecule has 12 heteroatoms. The van der Waals surface area contributed by atoms with Gasteiger partial charge < -0.3 is 21.1 Å². The number of sulfonamides is 1. The lowest BCUT2D eigenvalue weighted by Gasteiger charge is -2.23. The molecule has 1 unspecified atom stereocenters. The van der Waals surface area contributed by atoms with Gasteiger partial charge in [-0.2, -0.15) is 4.98 Å². The molecular formula is C25H28N6O5S. The Morgan fingerprint density at radius 2 is 1.92 bits per heavy atom. The van der Waals surface area contributed by atoms with Crippen LogP contribution in [0.5, 0.6) is 5.75 Å². The third-order valence-electron chi connectivity index (χ3n) is 6.47. The van der Waals surface area contributed by atoms with Gasteiger partial charge >= 0.3 is 5.69 Å². The van der Waals surface area contributed by atoms with Gasteiger partial charge in [0.2, 0.25) is 10.0 Å². The largest absolute Gasteiger partial charge is 0.484 e. The average Bonchev–Trinajstić information content (AvgIpc) is 3.30. The second-order valence-corrected chi connectivity index (χ2v) is 10.8. The van der Waals surface area contributed by atoms with Crippen LogP contribution in [0.4, 0.5) is 5.82 Å². The SMILES string of the molecule is NC(=O)COc1cccc(-n2cc3c(nc2=O)NC(c2ccc(S(=O)(=O)NC4CCNCC4)cc2)C3)c1. The summed E-state index contributed by atoms with van der Waals surface area (Å²) in [5.41, 5.74) is 6.94. The van der Waals surface area contributed by atoms with Crippen molar-refractivity contribution in [1.82, 2.24) is 19.6 Å². The van der Waals surface area contributed by atoms with E-state index in [1.165, 1.54) is 4.57 Å². The van der Waals surface area contributed by atoms with E-state index in [-0.39, 0.29) is 23.6 Å². The fourth-order valence-corrected chi connectivity index (χ4v) is 5.88. The molecule has 0 radical (unpaired) electrons. The summed E-state index contributed by atoms with van der Waals surface area (Å²) in [5.74, 6) is 0.309. The number of carbonyl (C=O) groups is 1. The van der Waals surface area contributed by atoms with Gasteiger partial charge in [-0.05, 0) is 55.8 Å². The van der Waals surface area contributed by atoms with Gasteiger partial charge in [-0.25, -0.2) is 17.9 Å². The van der Waals surface area contributed by atoms with Gasteiger partial charge in [0.1, 0.15) is 11.6 Å². The molecular weight excluding hydrogens is 496 g/mol. The molecule has 1 saturated heterocycles. The number of hydrogen-bond donors (Lipinski definition) is 4. The summed E-state index contributed by atoms with van der Waals surface area (Å²) in [7, 11) is -3.60. The standard InChI is InChI=1S/C25H28N6O5S/c26-23(32)15-36-20-3-1-2-19(13-20)31-14-17-12-22(28-24(17)29-25(31)33)16-4-6-21(7-5-16)37(34,35)30-18-8-10-27-11-9-18/h1-7,13-14,18,22,27,30H,8-12,15H2,(H2,26,32)(H,28,29,33). The predicted molar refractivity (Wildman–Crippen MR) is 137 cm³/mol. The topological polar surface area (TPSA) is 157 Å².